The largest absolute Gasteiger partial charge is 0.378 e. The standard InChI is InChI=1S/C10H22N2O2/c1-2-3-4-5-10(13)12-7-9-14-8-6-11/h2-9,11H2,1H3,(H,12,13). The lowest BCUT2D eigenvalue weighted by atomic mass is 10.2. The maximum atomic E-state index is 11.2. The van der Waals surface area contributed by atoms with Crippen LogP contribution in [0.3, 0.4) is 0 Å². The smallest absolute Gasteiger partial charge is 0.220 e. The Kier molecular flexibility index (Phi) is 10.0. The van der Waals surface area contributed by atoms with Gasteiger partial charge in [-0.25, -0.2) is 0 Å². The van der Waals surface area contributed by atoms with E-state index in [0.29, 0.717) is 32.7 Å². The Morgan fingerprint density at radius 2 is 2.14 bits per heavy atom. The molecule has 0 rings (SSSR count). The van der Waals surface area contributed by atoms with Gasteiger partial charge >= 0.3 is 0 Å². The molecule has 0 aliphatic carbocycles. The molecule has 0 radical (unpaired) electrons. The second-order valence-electron chi connectivity index (χ2n) is 3.21. The summed E-state index contributed by atoms with van der Waals surface area (Å²) in [4.78, 5) is 11.2. The summed E-state index contributed by atoms with van der Waals surface area (Å²) in [7, 11) is 0. The highest BCUT2D eigenvalue weighted by molar-refractivity contribution is 5.75. The van der Waals surface area contributed by atoms with Crippen molar-refractivity contribution in [1.82, 2.24) is 5.32 Å². The summed E-state index contributed by atoms with van der Waals surface area (Å²) < 4.78 is 5.12. The molecule has 0 saturated carbocycles. The van der Waals surface area contributed by atoms with E-state index in [4.69, 9.17) is 10.5 Å². The van der Waals surface area contributed by atoms with Gasteiger partial charge in [0.05, 0.1) is 13.2 Å². The maximum Gasteiger partial charge on any atom is 0.220 e. The number of rotatable bonds is 9. The Morgan fingerprint density at radius 3 is 2.79 bits per heavy atom. The lowest BCUT2D eigenvalue weighted by Gasteiger charge is -2.05. The van der Waals surface area contributed by atoms with Crippen molar-refractivity contribution in [2.24, 2.45) is 5.73 Å². The minimum atomic E-state index is 0.120. The average molecular weight is 202 g/mol. The van der Waals surface area contributed by atoms with Gasteiger partial charge in [0, 0.05) is 19.5 Å². The molecule has 0 saturated heterocycles. The zero-order valence-corrected chi connectivity index (χ0v) is 9.05. The number of carbonyl (C=O) groups excluding carboxylic acids is 1. The van der Waals surface area contributed by atoms with E-state index in [-0.39, 0.29) is 5.91 Å². The normalized spacial score (nSPS) is 10.1. The van der Waals surface area contributed by atoms with Crippen molar-refractivity contribution in [1.29, 1.82) is 0 Å². The van der Waals surface area contributed by atoms with Crippen molar-refractivity contribution in [2.75, 3.05) is 26.3 Å². The van der Waals surface area contributed by atoms with E-state index in [1.807, 2.05) is 0 Å². The molecule has 0 spiro atoms. The summed E-state index contributed by atoms with van der Waals surface area (Å²) in [6, 6.07) is 0. The van der Waals surface area contributed by atoms with E-state index in [0.717, 1.165) is 19.3 Å². The van der Waals surface area contributed by atoms with Crippen molar-refractivity contribution < 1.29 is 9.53 Å². The predicted molar refractivity (Wildman–Crippen MR) is 57.0 cm³/mol. The van der Waals surface area contributed by atoms with Gasteiger partial charge in [0.25, 0.3) is 0 Å². The molecule has 0 heterocycles. The third kappa shape index (κ3) is 9.48. The SMILES string of the molecule is CCCCCC(=O)NCCOCCN. The van der Waals surface area contributed by atoms with Crippen LogP contribution in [0, 0.1) is 0 Å². The molecule has 4 nitrogen and oxygen atoms in total. The van der Waals surface area contributed by atoms with Gasteiger partial charge in [0.2, 0.25) is 5.91 Å². The second kappa shape index (κ2) is 10.5. The Balaban J connectivity index is 3.10. The van der Waals surface area contributed by atoms with Gasteiger partial charge < -0.3 is 15.8 Å². The van der Waals surface area contributed by atoms with E-state index >= 15 is 0 Å². The quantitative estimate of drug-likeness (QED) is 0.540. The number of nitrogens with two attached hydrogens (primary N) is 1. The lowest BCUT2D eigenvalue weighted by molar-refractivity contribution is -0.121. The van der Waals surface area contributed by atoms with Crippen LogP contribution in [0.5, 0.6) is 0 Å². The third-order valence-corrected chi connectivity index (χ3v) is 1.84. The van der Waals surface area contributed by atoms with Gasteiger partial charge in [-0.2, -0.15) is 0 Å². The molecule has 0 aliphatic heterocycles. The lowest BCUT2D eigenvalue weighted by Crippen LogP contribution is -2.27. The van der Waals surface area contributed by atoms with Crippen molar-refractivity contribution in [3.8, 4) is 0 Å². The number of carbonyl (C=O) groups is 1. The summed E-state index contributed by atoms with van der Waals surface area (Å²) in [6.45, 7) is 4.36. The van der Waals surface area contributed by atoms with Gasteiger partial charge in [0.15, 0.2) is 0 Å². The second-order valence-corrected chi connectivity index (χ2v) is 3.21. The first-order valence-electron chi connectivity index (χ1n) is 5.35. The molecule has 0 aliphatic rings. The van der Waals surface area contributed by atoms with E-state index in [1.54, 1.807) is 0 Å². The van der Waals surface area contributed by atoms with Crippen molar-refractivity contribution >= 4 is 5.91 Å². The molecule has 0 bridgehead atoms. The molecular formula is C10H22N2O2. The van der Waals surface area contributed by atoms with E-state index in [2.05, 4.69) is 12.2 Å². The summed E-state index contributed by atoms with van der Waals surface area (Å²) >= 11 is 0. The van der Waals surface area contributed by atoms with Gasteiger partial charge in [0.1, 0.15) is 0 Å². The highest BCUT2D eigenvalue weighted by Gasteiger charge is 1.98. The Bertz CT molecular complexity index is 140. The van der Waals surface area contributed by atoms with E-state index in [1.165, 1.54) is 0 Å². The van der Waals surface area contributed by atoms with Crippen LogP contribution in [0.1, 0.15) is 32.6 Å². The highest BCUT2D eigenvalue weighted by Crippen LogP contribution is 1.97. The number of amides is 1. The van der Waals surface area contributed by atoms with Crippen LogP contribution < -0.4 is 11.1 Å². The molecule has 14 heavy (non-hydrogen) atoms. The molecule has 0 atom stereocenters. The number of nitrogens with one attached hydrogen (secondary N) is 1. The van der Waals surface area contributed by atoms with Crippen molar-refractivity contribution in [3.63, 3.8) is 0 Å². The van der Waals surface area contributed by atoms with Crippen molar-refractivity contribution in [2.45, 2.75) is 32.6 Å². The van der Waals surface area contributed by atoms with Crippen LogP contribution >= 0.6 is 0 Å². The number of ether oxygens (including phenoxy) is 1. The summed E-state index contributed by atoms with van der Waals surface area (Å²) in [5.74, 6) is 0.120. The molecule has 1 amide bonds. The molecule has 4 heteroatoms. The average Bonchev–Trinajstić information content (AvgIpc) is 2.18. The molecule has 0 unspecified atom stereocenters. The van der Waals surface area contributed by atoms with Gasteiger partial charge in [-0.15, -0.1) is 0 Å². The van der Waals surface area contributed by atoms with Gasteiger partial charge in [-0.1, -0.05) is 19.8 Å². The Hall–Kier alpha value is -0.610. The molecule has 0 fully saturated rings. The predicted octanol–water partition coefficient (Wildman–Crippen LogP) is 0.658. The molecule has 0 aromatic heterocycles. The van der Waals surface area contributed by atoms with Crippen molar-refractivity contribution in [3.05, 3.63) is 0 Å². The molecule has 0 aromatic rings. The summed E-state index contributed by atoms with van der Waals surface area (Å²) in [6.07, 6.45) is 3.88. The number of unbranched alkanes of at least 4 members (excludes halogenated alkanes) is 2. The minimum absolute atomic E-state index is 0.120. The molecule has 3 N–H and O–H groups in total. The first kappa shape index (κ1) is 13.4. The zero-order valence-electron chi connectivity index (χ0n) is 9.05. The molecule has 84 valence electrons. The van der Waals surface area contributed by atoms with Crippen LogP contribution in [0.4, 0.5) is 0 Å². The van der Waals surface area contributed by atoms with Gasteiger partial charge in [-0.3, -0.25) is 4.79 Å². The van der Waals surface area contributed by atoms with Crippen LogP contribution in [0.15, 0.2) is 0 Å². The van der Waals surface area contributed by atoms with Gasteiger partial charge in [-0.05, 0) is 6.42 Å². The fraction of sp³-hybridized carbons (Fsp3) is 0.900. The Morgan fingerprint density at radius 1 is 1.36 bits per heavy atom. The fourth-order valence-corrected chi connectivity index (χ4v) is 1.07. The topological polar surface area (TPSA) is 64.3 Å². The zero-order chi connectivity index (χ0) is 10.6. The van der Waals surface area contributed by atoms with Crippen LogP contribution in [-0.4, -0.2) is 32.2 Å². The first-order valence-corrected chi connectivity index (χ1v) is 5.35. The first-order chi connectivity index (χ1) is 6.81. The Labute approximate surface area is 86.2 Å². The van der Waals surface area contributed by atoms with Crippen LogP contribution in [0.25, 0.3) is 0 Å². The van der Waals surface area contributed by atoms with Crippen LogP contribution in [-0.2, 0) is 9.53 Å². The number of hydrogen-bond donors (Lipinski definition) is 2. The molecular weight excluding hydrogens is 180 g/mol. The third-order valence-electron chi connectivity index (χ3n) is 1.84. The van der Waals surface area contributed by atoms with E-state index < -0.39 is 0 Å². The fourth-order valence-electron chi connectivity index (χ4n) is 1.07. The minimum Gasteiger partial charge on any atom is -0.378 e. The molecule has 0 aromatic carbocycles. The number of hydrogen-bond acceptors (Lipinski definition) is 3. The highest BCUT2D eigenvalue weighted by atomic mass is 16.5. The van der Waals surface area contributed by atoms with Crippen LogP contribution in [0.2, 0.25) is 0 Å². The van der Waals surface area contributed by atoms with E-state index in [9.17, 15) is 4.79 Å². The summed E-state index contributed by atoms with van der Waals surface area (Å²) in [5, 5.41) is 2.80. The monoisotopic (exact) mass is 202 g/mol. The maximum absolute atomic E-state index is 11.2. The summed E-state index contributed by atoms with van der Waals surface area (Å²) in [5.41, 5.74) is 5.24.